The molecule has 1 aromatic rings. The molecular weight excluding hydrogens is 334 g/mol. The zero-order valence-electron chi connectivity index (χ0n) is 16.5. The lowest BCUT2D eigenvalue weighted by atomic mass is 10.1. The standard InChI is InChI=1S/C19H34N.CH4O3S/c1-4-7-15-20(16-8-5-2,17-9-6-3)18-19-13-11-10-12-14-19;1-5(2,3)4/h10-14H,4-9,15-18H2,1-3H3;1H3,(H,2,3,4)/q+1;/p-1. The van der Waals surface area contributed by atoms with Crippen molar-refractivity contribution in [3.05, 3.63) is 35.9 Å². The van der Waals surface area contributed by atoms with Gasteiger partial charge in [-0.1, -0.05) is 70.4 Å². The van der Waals surface area contributed by atoms with Gasteiger partial charge in [-0.2, -0.15) is 0 Å². The summed E-state index contributed by atoms with van der Waals surface area (Å²) in [6.45, 7) is 12.2. The molecule has 1 rings (SSSR count). The van der Waals surface area contributed by atoms with Crippen LogP contribution in [0, 0.1) is 0 Å². The normalized spacial score (nSPS) is 11.7. The number of hydrogen-bond donors (Lipinski definition) is 0. The minimum Gasteiger partial charge on any atom is -0.748 e. The van der Waals surface area contributed by atoms with Crippen molar-refractivity contribution in [1.82, 2.24) is 0 Å². The Morgan fingerprint density at radius 1 is 0.840 bits per heavy atom. The Morgan fingerprint density at radius 2 is 1.20 bits per heavy atom. The van der Waals surface area contributed by atoms with E-state index in [0.717, 1.165) is 0 Å². The molecule has 25 heavy (non-hydrogen) atoms. The predicted molar refractivity (Wildman–Crippen MR) is 105 cm³/mol. The van der Waals surface area contributed by atoms with Crippen molar-refractivity contribution < 1.29 is 17.5 Å². The molecule has 0 atom stereocenters. The molecule has 0 heterocycles. The second-order valence-corrected chi connectivity index (χ2v) is 8.33. The highest BCUT2D eigenvalue weighted by atomic mass is 32.2. The van der Waals surface area contributed by atoms with Crippen molar-refractivity contribution in [1.29, 1.82) is 0 Å². The molecule has 0 fully saturated rings. The van der Waals surface area contributed by atoms with Gasteiger partial charge >= 0.3 is 0 Å². The molecule has 4 nitrogen and oxygen atoms in total. The number of nitrogens with zero attached hydrogens (tertiary/aromatic N) is 1. The lowest BCUT2D eigenvalue weighted by Gasteiger charge is -2.39. The highest BCUT2D eigenvalue weighted by Gasteiger charge is 2.25. The summed E-state index contributed by atoms with van der Waals surface area (Å²) in [6, 6.07) is 11.1. The molecule has 0 amide bonds. The fourth-order valence-corrected chi connectivity index (χ4v) is 3.02. The van der Waals surface area contributed by atoms with Gasteiger partial charge in [-0.05, 0) is 19.3 Å². The zero-order valence-corrected chi connectivity index (χ0v) is 17.4. The minimum atomic E-state index is -3.92. The Morgan fingerprint density at radius 3 is 1.52 bits per heavy atom. The van der Waals surface area contributed by atoms with E-state index in [0.29, 0.717) is 6.26 Å². The van der Waals surface area contributed by atoms with E-state index in [9.17, 15) is 0 Å². The number of quaternary nitrogens is 1. The Labute approximate surface area is 155 Å². The molecule has 0 aromatic heterocycles. The third-order valence-electron chi connectivity index (χ3n) is 4.32. The second kappa shape index (κ2) is 13.3. The van der Waals surface area contributed by atoms with E-state index < -0.39 is 10.1 Å². The van der Waals surface area contributed by atoms with Crippen LogP contribution >= 0.6 is 0 Å². The zero-order chi connectivity index (χ0) is 19.2. The molecular formula is C20H37NO3S. The molecule has 0 saturated heterocycles. The van der Waals surface area contributed by atoms with Gasteiger partial charge in [0.25, 0.3) is 0 Å². The van der Waals surface area contributed by atoms with Gasteiger partial charge in [0, 0.05) is 11.8 Å². The molecule has 0 radical (unpaired) electrons. The van der Waals surface area contributed by atoms with Crippen molar-refractivity contribution in [2.24, 2.45) is 0 Å². The van der Waals surface area contributed by atoms with Gasteiger partial charge in [0.1, 0.15) is 6.54 Å². The van der Waals surface area contributed by atoms with Crippen molar-refractivity contribution in [3.63, 3.8) is 0 Å². The van der Waals surface area contributed by atoms with Crippen LogP contribution in [0.15, 0.2) is 30.3 Å². The molecule has 0 aliphatic rings. The van der Waals surface area contributed by atoms with Crippen LogP contribution in [0.1, 0.15) is 64.9 Å². The van der Waals surface area contributed by atoms with Gasteiger partial charge < -0.3 is 9.04 Å². The largest absolute Gasteiger partial charge is 0.748 e. The number of hydrogen-bond acceptors (Lipinski definition) is 3. The third kappa shape index (κ3) is 14.0. The van der Waals surface area contributed by atoms with E-state index in [4.69, 9.17) is 13.0 Å². The van der Waals surface area contributed by atoms with Crippen LogP contribution in [0.3, 0.4) is 0 Å². The van der Waals surface area contributed by atoms with Crippen molar-refractivity contribution in [2.75, 3.05) is 25.9 Å². The summed E-state index contributed by atoms with van der Waals surface area (Å²) in [5.41, 5.74) is 1.51. The Balaban J connectivity index is 0.00000101. The molecule has 0 aliphatic carbocycles. The Bertz CT molecular complexity index is 499. The molecule has 0 spiro atoms. The van der Waals surface area contributed by atoms with Crippen LogP contribution in [-0.2, 0) is 16.7 Å². The summed E-state index contributed by atoms with van der Waals surface area (Å²) in [5, 5.41) is 0. The van der Waals surface area contributed by atoms with Gasteiger partial charge in [0.05, 0.1) is 29.8 Å². The van der Waals surface area contributed by atoms with Crippen LogP contribution < -0.4 is 0 Å². The van der Waals surface area contributed by atoms with Crippen LogP contribution in [0.5, 0.6) is 0 Å². The molecule has 0 saturated carbocycles. The second-order valence-electron chi connectivity index (χ2n) is 6.92. The van der Waals surface area contributed by atoms with E-state index in [1.54, 1.807) is 0 Å². The molecule has 0 aliphatic heterocycles. The highest BCUT2D eigenvalue weighted by Crippen LogP contribution is 2.19. The van der Waals surface area contributed by atoms with Gasteiger partial charge in [-0.3, -0.25) is 0 Å². The summed E-state index contributed by atoms with van der Waals surface area (Å²) in [4.78, 5) is 0. The van der Waals surface area contributed by atoms with Crippen molar-refractivity contribution >= 4 is 10.1 Å². The maximum absolute atomic E-state index is 9.08. The van der Waals surface area contributed by atoms with E-state index in [1.165, 1.54) is 74.8 Å². The van der Waals surface area contributed by atoms with Gasteiger partial charge in [0.2, 0.25) is 0 Å². The van der Waals surface area contributed by atoms with Crippen LogP contribution in [0.25, 0.3) is 0 Å². The first-order chi connectivity index (χ1) is 11.8. The Hall–Kier alpha value is -0.910. The van der Waals surface area contributed by atoms with Crippen LogP contribution in [0.2, 0.25) is 0 Å². The Kier molecular flexibility index (Phi) is 12.8. The lowest BCUT2D eigenvalue weighted by molar-refractivity contribution is -0.941. The van der Waals surface area contributed by atoms with Gasteiger partial charge in [0.15, 0.2) is 0 Å². The van der Waals surface area contributed by atoms with Crippen molar-refractivity contribution in [3.8, 4) is 0 Å². The summed E-state index contributed by atoms with van der Waals surface area (Å²) >= 11 is 0. The molecule has 1 aromatic carbocycles. The van der Waals surface area contributed by atoms with E-state index >= 15 is 0 Å². The fourth-order valence-electron chi connectivity index (χ4n) is 3.02. The lowest BCUT2D eigenvalue weighted by Crippen LogP contribution is -2.49. The first-order valence-corrected chi connectivity index (χ1v) is 11.4. The van der Waals surface area contributed by atoms with E-state index in [-0.39, 0.29) is 0 Å². The average molecular weight is 372 g/mol. The average Bonchev–Trinajstić information content (AvgIpc) is 2.55. The SMILES string of the molecule is CCCC[N+](CCCC)(CCCC)Cc1ccccc1.CS(=O)(=O)[O-]. The highest BCUT2D eigenvalue weighted by molar-refractivity contribution is 7.84. The van der Waals surface area contributed by atoms with Crippen LogP contribution in [0.4, 0.5) is 0 Å². The fraction of sp³-hybridized carbons (Fsp3) is 0.700. The topological polar surface area (TPSA) is 57.2 Å². The predicted octanol–water partition coefficient (Wildman–Crippen LogP) is 4.57. The monoisotopic (exact) mass is 371 g/mol. The van der Waals surface area contributed by atoms with Crippen molar-refractivity contribution in [2.45, 2.75) is 65.8 Å². The smallest absolute Gasteiger partial charge is 0.104 e. The number of rotatable bonds is 11. The van der Waals surface area contributed by atoms with Gasteiger partial charge in [-0.15, -0.1) is 0 Å². The first-order valence-electron chi connectivity index (χ1n) is 9.56. The third-order valence-corrected chi connectivity index (χ3v) is 4.32. The van der Waals surface area contributed by atoms with E-state index in [1.807, 2.05) is 0 Å². The summed E-state index contributed by atoms with van der Waals surface area (Å²) < 4.78 is 28.5. The summed E-state index contributed by atoms with van der Waals surface area (Å²) in [7, 11) is -3.92. The summed E-state index contributed by atoms with van der Waals surface area (Å²) in [6.07, 6.45) is 8.63. The quantitative estimate of drug-likeness (QED) is 0.423. The minimum absolute atomic E-state index is 0.604. The molecule has 5 heteroatoms. The van der Waals surface area contributed by atoms with Crippen LogP contribution in [-0.4, -0.2) is 43.3 Å². The molecule has 146 valence electrons. The molecule has 0 N–H and O–H groups in total. The van der Waals surface area contributed by atoms with E-state index in [2.05, 4.69) is 51.1 Å². The maximum Gasteiger partial charge on any atom is 0.104 e. The first kappa shape index (κ1) is 24.1. The molecule has 0 bridgehead atoms. The summed E-state index contributed by atoms with van der Waals surface area (Å²) in [5.74, 6) is 0. The molecule has 0 unspecified atom stereocenters. The number of unbranched alkanes of at least 4 members (excludes halogenated alkanes) is 3. The van der Waals surface area contributed by atoms with Gasteiger partial charge in [-0.25, -0.2) is 8.42 Å². The number of benzene rings is 1. The maximum atomic E-state index is 9.08.